The van der Waals surface area contributed by atoms with Gasteiger partial charge in [0.15, 0.2) is 0 Å². The second-order valence-electron chi connectivity index (χ2n) is 7.56. The number of benzene rings is 1. The van der Waals surface area contributed by atoms with Crippen LogP contribution in [0.3, 0.4) is 0 Å². The molecule has 3 heterocycles. The third-order valence-corrected chi connectivity index (χ3v) is 5.66. The third kappa shape index (κ3) is 4.48. The van der Waals surface area contributed by atoms with Crippen LogP contribution in [0.15, 0.2) is 48.8 Å². The highest BCUT2D eigenvalue weighted by molar-refractivity contribution is 5.92. The van der Waals surface area contributed by atoms with Crippen molar-refractivity contribution in [2.45, 2.75) is 38.1 Å². The van der Waals surface area contributed by atoms with Gasteiger partial charge in [0.1, 0.15) is 0 Å². The van der Waals surface area contributed by atoms with Crippen molar-refractivity contribution < 1.29 is 4.79 Å². The Balaban J connectivity index is 1.35. The number of hydrogen-bond donors (Lipinski definition) is 0. The molecule has 0 radical (unpaired) electrons. The zero-order valence-corrected chi connectivity index (χ0v) is 15.8. The lowest BCUT2D eigenvalue weighted by Crippen LogP contribution is -2.44. The van der Waals surface area contributed by atoms with Gasteiger partial charge < -0.3 is 9.80 Å². The minimum atomic E-state index is 0.144. The minimum absolute atomic E-state index is 0.144. The summed E-state index contributed by atoms with van der Waals surface area (Å²) in [6.45, 7) is 4.31. The SMILES string of the molecule is O=C(C=Cc1ccc(-n2cccn2)cc1)N1CCCC1CN1CCCCC1. The van der Waals surface area contributed by atoms with Crippen molar-refractivity contribution in [3.05, 3.63) is 54.4 Å². The van der Waals surface area contributed by atoms with Crippen molar-refractivity contribution in [3.8, 4) is 5.69 Å². The Labute approximate surface area is 161 Å². The molecule has 5 nitrogen and oxygen atoms in total. The lowest BCUT2D eigenvalue weighted by atomic mass is 10.1. The number of amides is 1. The molecule has 1 aromatic carbocycles. The number of carbonyl (C=O) groups excluding carboxylic acids is 1. The average molecular weight is 364 g/mol. The van der Waals surface area contributed by atoms with Crippen molar-refractivity contribution in [1.29, 1.82) is 0 Å². The van der Waals surface area contributed by atoms with Crippen LogP contribution >= 0.6 is 0 Å². The summed E-state index contributed by atoms with van der Waals surface area (Å²) < 4.78 is 1.83. The van der Waals surface area contributed by atoms with Gasteiger partial charge in [-0.2, -0.15) is 5.10 Å². The van der Waals surface area contributed by atoms with Crippen LogP contribution in [0.1, 0.15) is 37.7 Å². The van der Waals surface area contributed by atoms with Gasteiger partial charge in [0.25, 0.3) is 0 Å². The standard InChI is InChI=1S/C22H28N4O/c27-22(25-16-4-6-21(25)18-24-14-2-1-3-15-24)12-9-19-7-10-20(11-8-19)26-17-5-13-23-26/h5,7-13,17,21H,1-4,6,14-16,18H2. The van der Waals surface area contributed by atoms with Crippen LogP contribution in [-0.4, -0.2) is 57.7 Å². The average Bonchev–Trinajstić information content (AvgIpc) is 3.40. The number of nitrogens with zero attached hydrogens (tertiary/aromatic N) is 4. The monoisotopic (exact) mass is 364 g/mol. The third-order valence-electron chi connectivity index (χ3n) is 5.66. The highest BCUT2D eigenvalue weighted by Crippen LogP contribution is 2.21. The number of likely N-dealkylation sites (tertiary alicyclic amines) is 2. The Morgan fingerprint density at radius 2 is 1.89 bits per heavy atom. The molecule has 5 heteroatoms. The Hall–Kier alpha value is -2.40. The van der Waals surface area contributed by atoms with Crippen molar-refractivity contribution in [2.24, 2.45) is 0 Å². The summed E-state index contributed by atoms with van der Waals surface area (Å²) in [7, 11) is 0. The van der Waals surface area contributed by atoms with Crippen molar-refractivity contribution in [3.63, 3.8) is 0 Å². The summed E-state index contributed by atoms with van der Waals surface area (Å²) >= 11 is 0. The molecular weight excluding hydrogens is 336 g/mol. The number of piperidine rings is 1. The first-order valence-electron chi connectivity index (χ1n) is 10.1. The normalized spacial score (nSPS) is 21.2. The fraction of sp³-hybridized carbons (Fsp3) is 0.455. The fourth-order valence-electron chi connectivity index (χ4n) is 4.18. The molecule has 0 saturated carbocycles. The lowest BCUT2D eigenvalue weighted by molar-refractivity contribution is -0.127. The summed E-state index contributed by atoms with van der Waals surface area (Å²) in [5, 5.41) is 4.23. The summed E-state index contributed by atoms with van der Waals surface area (Å²) in [5.41, 5.74) is 2.05. The second-order valence-corrected chi connectivity index (χ2v) is 7.56. The molecule has 142 valence electrons. The zero-order chi connectivity index (χ0) is 18.5. The molecule has 0 spiro atoms. The smallest absolute Gasteiger partial charge is 0.246 e. The van der Waals surface area contributed by atoms with Crippen LogP contribution in [0.25, 0.3) is 11.8 Å². The molecule has 4 rings (SSSR count). The van der Waals surface area contributed by atoms with Crippen molar-refractivity contribution >= 4 is 12.0 Å². The predicted molar refractivity (Wildman–Crippen MR) is 108 cm³/mol. The number of aromatic nitrogens is 2. The van der Waals surface area contributed by atoms with Gasteiger partial charge in [0.2, 0.25) is 5.91 Å². The molecule has 2 aromatic rings. The van der Waals surface area contributed by atoms with Gasteiger partial charge in [-0.25, -0.2) is 4.68 Å². The van der Waals surface area contributed by atoms with E-state index in [1.54, 1.807) is 12.3 Å². The van der Waals surface area contributed by atoms with Gasteiger partial charge >= 0.3 is 0 Å². The molecule has 2 fully saturated rings. The quantitative estimate of drug-likeness (QED) is 0.764. The zero-order valence-electron chi connectivity index (χ0n) is 15.8. The van der Waals surface area contributed by atoms with Gasteiger partial charge in [-0.1, -0.05) is 18.6 Å². The van der Waals surface area contributed by atoms with Crippen LogP contribution in [0, 0.1) is 0 Å². The molecule has 2 saturated heterocycles. The van der Waals surface area contributed by atoms with E-state index in [2.05, 4.69) is 14.9 Å². The fourth-order valence-corrected chi connectivity index (χ4v) is 4.18. The van der Waals surface area contributed by atoms with Crippen LogP contribution < -0.4 is 0 Å². The van der Waals surface area contributed by atoms with E-state index in [0.717, 1.165) is 37.2 Å². The first-order chi connectivity index (χ1) is 13.3. The van der Waals surface area contributed by atoms with E-state index in [1.165, 1.54) is 32.4 Å². The first kappa shape index (κ1) is 18.0. The van der Waals surface area contributed by atoms with Gasteiger partial charge in [0.05, 0.1) is 5.69 Å². The summed E-state index contributed by atoms with van der Waals surface area (Å²) in [6.07, 6.45) is 13.6. The highest BCUT2D eigenvalue weighted by Gasteiger charge is 2.29. The highest BCUT2D eigenvalue weighted by atomic mass is 16.2. The Kier molecular flexibility index (Phi) is 5.68. The molecule has 1 amide bonds. The predicted octanol–water partition coefficient (Wildman–Crippen LogP) is 3.36. The van der Waals surface area contributed by atoms with E-state index in [-0.39, 0.29) is 5.91 Å². The van der Waals surface area contributed by atoms with Crippen LogP contribution in [-0.2, 0) is 4.79 Å². The Bertz CT molecular complexity index is 760. The van der Waals surface area contributed by atoms with Gasteiger partial charge in [0, 0.05) is 37.6 Å². The molecule has 27 heavy (non-hydrogen) atoms. The molecule has 0 aliphatic carbocycles. The molecule has 1 atom stereocenters. The van der Waals surface area contributed by atoms with Crippen LogP contribution in [0.5, 0.6) is 0 Å². The van der Waals surface area contributed by atoms with E-state index >= 15 is 0 Å². The van der Waals surface area contributed by atoms with Gasteiger partial charge in [-0.15, -0.1) is 0 Å². The minimum Gasteiger partial charge on any atom is -0.335 e. The van der Waals surface area contributed by atoms with Crippen molar-refractivity contribution in [1.82, 2.24) is 19.6 Å². The summed E-state index contributed by atoms with van der Waals surface area (Å²) in [5.74, 6) is 0.144. The lowest BCUT2D eigenvalue weighted by Gasteiger charge is -2.32. The number of carbonyl (C=O) groups is 1. The van der Waals surface area contributed by atoms with E-state index < -0.39 is 0 Å². The van der Waals surface area contributed by atoms with Crippen LogP contribution in [0.2, 0.25) is 0 Å². The first-order valence-corrected chi connectivity index (χ1v) is 10.1. The molecule has 0 N–H and O–H groups in total. The summed E-state index contributed by atoms with van der Waals surface area (Å²) in [4.78, 5) is 17.3. The van der Waals surface area contributed by atoms with E-state index in [0.29, 0.717) is 6.04 Å². The van der Waals surface area contributed by atoms with Crippen LogP contribution in [0.4, 0.5) is 0 Å². The molecule has 1 unspecified atom stereocenters. The molecule has 2 aliphatic heterocycles. The molecular formula is C22H28N4O. The maximum absolute atomic E-state index is 12.7. The van der Waals surface area contributed by atoms with E-state index in [9.17, 15) is 4.79 Å². The number of rotatable bonds is 5. The Morgan fingerprint density at radius 3 is 2.63 bits per heavy atom. The molecule has 2 aliphatic rings. The van der Waals surface area contributed by atoms with E-state index in [4.69, 9.17) is 0 Å². The molecule has 0 bridgehead atoms. The van der Waals surface area contributed by atoms with E-state index in [1.807, 2.05) is 47.3 Å². The largest absolute Gasteiger partial charge is 0.335 e. The Morgan fingerprint density at radius 1 is 1.07 bits per heavy atom. The van der Waals surface area contributed by atoms with Gasteiger partial charge in [-0.05, 0) is 68.6 Å². The van der Waals surface area contributed by atoms with Gasteiger partial charge in [-0.3, -0.25) is 4.79 Å². The topological polar surface area (TPSA) is 41.4 Å². The summed E-state index contributed by atoms with van der Waals surface area (Å²) in [6, 6.07) is 10.4. The maximum Gasteiger partial charge on any atom is 0.246 e. The number of hydrogen-bond acceptors (Lipinski definition) is 3. The second kappa shape index (κ2) is 8.53. The maximum atomic E-state index is 12.7. The van der Waals surface area contributed by atoms with Crippen molar-refractivity contribution in [2.75, 3.05) is 26.2 Å². The molecule has 1 aromatic heterocycles.